The molecule has 6 heterocycles. The number of sulfone groups is 1. The summed E-state index contributed by atoms with van der Waals surface area (Å²) in [6.45, 7) is 20.8. The van der Waals surface area contributed by atoms with E-state index in [1.807, 2.05) is 20.8 Å². The van der Waals surface area contributed by atoms with Gasteiger partial charge in [-0.3, -0.25) is 19.7 Å². The van der Waals surface area contributed by atoms with Crippen LogP contribution in [-0.2, 0) is 108 Å². The van der Waals surface area contributed by atoms with E-state index in [1.54, 1.807) is 60.0 Å². The maximum Gasteiger partial charge on any atom is 0.354 e. The number of ketones is 1. The number of amides is 2. The zero-order valence-electron chi connectivity index (χ0n) is 63.9. The predicted octanol–water partition coefficient (Wildman–Crippen LogP) is 8.21. The lowest BCUT2D eigenvalue weighted by molar-refractivity contribution is -0.148. The molecule has 3 aliphatic rings. The minimum atomic E-state index is -4.63. The Morgan fingerprint density at radius 3 is 1.89 bits per heavy atom. The summed E-state index contributed by atoms with van der Waals surface area (Å²) in [5.41, 5.74) is 4.88. The zero-order valence-corrected chi connectivity index (χ0v) is 67.9. The molecular formula is C72H88Cl2N12O22S3. The van der Waals surface area contributed by atoms with Crippen LogP contribution in [0, 0.1) is 19.3 Å². The summed E-state index contributed by atoms with van der Waals surface area (Å²) in [7, 11) is -6.53. The van der Waals surface area contributed by atoms with Crippen LogP contribution in [0.25, 0.3) is 11.1 Å². The molecule has 7 aromatic rings. The number of carbonyl (C=O) groups is 6. The van der Waals surface area contributed by atoms with Crippen molar-refractivity contribution < 1.29 is 97.1 Å². The second kappa shape index (κ2) is 37.1. The molecule has 600 valence electrons. The maximum atomic E-state index is 13.5. The Hall–Kier alpha value is -10.3. The van der Waals surface area contributed by atoms with Gasteiger partial charge in [0.2, 0.25) is 39.5 Å². The number of anilines is 2. The number of methoxy groups -OCH3 is 3. The second-order valence-electron chi connectivity index (χ2n) is 26.1. The highest BCUT2D eigenvalue weighted by molar-refractivity contribution is 7.91. The van der Waals surface area contributed by atoms with Crippen molar-refractivity contribution >= 4 is 112 Å². The average molecular weight is 1640 g/mol. The number of ether oxygens (including phenoxy) is 7. The first-order chi connectivity index (χ1) is 52.1. The van der Waals surface area contributed by atoms with Crippen LogP contribution >= 0.6 is 23.2 Å². The summed E-state index contributed by atoms with van der Waals surface area (Å²) < 4.78 is 117. The minimum absolute atomic E-state index is 0.0408. The van der Waals surface area contributed by atoms with Gasteiger partial charge in [-0.05, 0) is 139 Å². The number of aromatic hydroxyl groups is 1. The fraction of sp³-hybridized carbons (Fsp3) is 0.417. The molecule has 1 unspecified atom stereocenters. The molecule has 0 saturated heterocycles. The van der Waals surface area contributed by atoms with Crippen molar-refractivity contribution in [1.29, 1.82) is 0 Å². The summed E-state index contributed by atoms with van der Waals surface area (Å²) in [6.07, 6.45) is 5.42. The molecule has 3 aliphatic heterocycles. The van der Waals surface area contributed by atoms with Gasteiger partial charge in [0.1, 0.15) is 28.3 Å². The van der Waals surface area contributed by atoms with E-state index in [2.05, 4.69) is 73.0 Å². The number of carbonyl (C=O) groups excluding carboxylic acids is 6. The molecule has 4 aromatic carbocycles. The number of aryl methyl sites for hydroxylation is 4. The second-order valence-corrected chi connectivity index (χ2v) is 32.4. The first kappa shape index (κ1) is 87.9. The Bertz CT molecular complexity index is 5160. The quantitative estimate of drug-likeness (QED) is 0.0282. The van der Waals surface area contributed by atoms with E-state index in [-0.39, 0.29) is 94.2 Å². The molecule has 0 aliphatic carbocycles. The third-order valence-corrected chi connectivity index (χ3v) is 20.6. The number of nitrogens with zero attached hydrogens (tertiary/aromatic N) is 9. The molecule has 0 spiro atoms. The molecule has 3 aromatic heterocycles. The average Bonchev–Trinajstić information content (AvgIpc) is 1.67. The number of hydrazone groups is 1. The lowest BCUT2D eigenvalue weighted by Gasteiger charge is -2.32. The van der Waals surface area contributed by atoms with Crippen molar-refractivity contribution in [2.24, 2.45) is 22.7 Å². The minimum Gasteiger partial charge on any atom is -0.493 e. The van der Waals surface area contributed by atoms with Crippen LogP contribution in [-0.4, -0.2) is 179 Å². The van der Waals surface area contributed by atoms with Gasteiger partial charge in [-0.2, -0.15) is 20.2 Å². The van der Waals surface area contributed by atoms with Crippen LogP contribution in [0.4, 0.5) is 16.4 Å². The van der Waals surface area contributed by atoms with E-state index in [1.165, 1.54) is 67.0 Å². The summed E-state index contributed by atoms with van der Waals surface area (Å²) in [6, 6.07) is 15.5. The standard InChI is InChI=1S/C23H32N2O4.C17H21N5O9S2.C16H18Cl2N2O4.C16H17N3O5S/c1-7-16-13-15(3)14-17(8-2)18(16)19-20(26)24-9-11-28-12-10-25(24)21(19)29-22(27)23(4,5)6;1-29-13-8-14(30-2)20-16(19-13)21-17(24)22-33(27,28)12-7-10(9-18-32(4,25)26)5-6-11(12)15(23)31-3;1-4-23-14(21)12-9-16(3,15(22)24-5-2)20(19-12)13-7-6-10(17)8-11(13)18;1-9-10(15(20)11-8-17-19(2)16(11)21)4-5-13(25(3,22)23)14(9)12-6-7-24-18-12/h13-14H,7-12H2,1-6H3;5-8,18H,9H2,1-4H3,(H2,19,20,21,22,24);6-8H,4-5,9H2,1-3H3;4-5,8,21H,6-7H2,1-3H3. The third kappa shape index (κ3) is 21.4. The van der Waals surface area contributed by atoms with E-state index in [4.69, 9.17) is 56.5 Å². The van der Waals surface area contributed by atoms with Gasteiger partial charge < -0.3 is 43.1 Å². The number of urea groups is 1. The third-order valence-electron chi connectivity index (χ3n) is 16.9. The molecule has 34 nitrogen and oxygen atoms in total. The summed E-state index contributed by atoms with van der Waals surface area (Å²) in [5.74, 6) is -3.00. The SMILES string of the molecule is CCOC(=O)C1=NN(c2ccc(Cl)cc2Cl)C(C)(C(=O)OCC)C1.CCc1cc(C)cc(CC)c1-c1c(OC(=O)C(C)(C)C)n2n(c1=O)CCOCC2.COC(=O)c1ccc(CNS(C)(=O)=O)cc1S(=O)(=O)NC(=O)Nc1nc(OC)cc(OC)n1.Cc1c(C(=O)c2cnn(C)c2O)ccc(S(C)(=O)=O)c1C1=NOCC1. The first-order valence-electron chi connectivity index (χ1n) is 34.3. The van der Waals surface area contributed by atoms with Crippen LogP contribution in [0.5, 0.6) is 23.5 Å². The Balaban J connectivity index is 0.000000207. The maximum absolute atomic E-state index is 13.5. The zero-order chi connectivity index (χ0) is 82.4. The van der Waals surface area contributed by atoms with Crippen molar-refractivity contribution in [3.8, 4) is 34.6 Å². The smallest absolute Gasteiger partial charge is 0.354 e. The Labute approximate surface area is 651 Å². The van der Waals surface area contributed by atoms with Gasteiger partial charge >= 0.3 is 29.9 Å². The number of esters is 4. The van der Waals surface area contributed by atoms with Crippen molar-refractivity contribution in [2.45, 2.75) is 130 Å². The highest BCUT2D eigenvalue weighted by Crippen LogP contribution is 2.41. The molecule has 2 amide bonds. The van der Waals surface area contributed by atoms with Crippen LogP contribution < -0.4 is 39.5 Å². The van der Waals surface area contributed by atoms with Gasteiger partial charge in [0.05, 0.1) is 112 Å². The summed E-state index contributed by atoms with van der Waals surface area (Å²) in [5, 5.41) is 26.3. The highest BCUT2D eigenvalue weighted by Gasteiger charge is 2.50. The van der Waals surface area contributed by atoms with Gasteiger partial charge in [0.15, 0.2) is 21.2 Å². The van der Waals surface area contributed by atoms with E-state index < -0.39 is 75.5 Å². The normalized spacial score (nSPS) is 14.7. The number of sulfonamides is 2. The first-order valence-corrected chi connectivity index (χ1v) is 40.3. The van der Waals surface area contributed by atoms with Gasteiger partial charge in [0.25, 0.3) is 15.6 Å². The van der Waals surface area contributed by atoms with Crippen molar-refractivity contribution in [3.05, 3.63) is 143 Å². The number of fused-ring (bicyclic) bond motifs is 1. The number of rotatable bonds is 22. The van der Waals surface area contributed by atoms with Gasteiger partial charge in [-0.25, -0.2) is 72.9 Å². The molecule has 0 saturated carbocycles. The monoisotopic (exact) mass is 1640 g/mol. The molecule has 0 bridgehead atoms. The van der Waals surface area contributed by atoms with Crippen LogP contribution in [0.3, 0.4) is 0 Å². The summed E-state index contributed by atoms with van der Waals surface area (Å²) >= 11 is 12.2. The number of hydrogen-bond donors (Lipinski definition) is 4. The fourth-order valence-corrected chi connectivity index (χ4v) is 14.4. The Kier molecular flexibility index (Phi) is 29.4. The Morgan fingerprint density at radius 2 is 1.36 bits per heavy atom. The number of hydrogen-bond acceptors (Lipinski definition) is 28. The molecule has 10 rings (SSSR count). The molecule has 0 radical (unpaired) electrons. The fourth-order valence-electron chi connectivity index (χ4n) is 11.4. The lowest BCUT2D eigenvalue weighted by Crippen LogP contribution is -2.48. The number of halogens is 2. The van der Waals surface area contributed by atoms with Crippen molar-refractivity contribution in [2.75, 3.05) is 77.2 Å². The topological polar surface area (TPSA) is 433 Å². The van der Waals surface area contributed by atoms with Gasteiger partial charge in [-0.1, -0.05) is 66.0 Å². The Morgan fingerprint density at radius 1 is 0.739 bits per heavy atom. The van der Waals surface area contributed by atoms with Crippen LogP contribution in [0.2, 0.25) is 10.0 Å². The molecule has 0 fully saturated rings. The number of aromatic nitrogens is 6. The summed E-state index contributed by atoms with van der Waals surface area (Å²) in [4.78, 5) is 100. The number of nitrogens with one attached hydrogen (secondary N) is 3. The molecule has 4 N–H and O–H groups in total. The van der Waals surface area contributed by atoms with Gasteiger partial charge in [-0.15, -0.1) is 0 Å². The van der Waals surface area contributed by atoms with Crippen LogP contribution in [0.1, 0.15) is 128 Å². The highest BCUT2D eigenvalue weighted by atomic mass is 35.5. The number of benzene rings is 4. The van der Waals surface area contributed by atoms with E-state index in [0.29, 0.717) is 83.3 Å². The largest absolute Gasteiger partial charge is 0.493 e. The molecule has 1 atom stereocenters. The van der Waals surface area contributed by atoms with E-state index in [9.17, 15) is 63.9 Å². The van der Waals surface area contributed by atoms with E-state index >= 15 is 0 Å². The van der Waals surface area contributed by atoms with Gasteiger partial charge in [0, 0.05) is 48.8 Å². The predicted molar refractivity (Wildman–Crippen MR) is 410 cm³/mol. The molecule has 39 heteroatoms. The van der Waals surface area contributed by atoms with Crippen LogP contribution in [0.15, 0.2) is 97.8 Å². The van der Waals surface area contributed by atoms with E-state index in [0.717, 1.165) is 61.3 Å². The molecular weight excluding hydrogens is 1550 g/mol. The van der Waals surface area contributed by atoms with Crippen molar-refractivity contribution in [3.63, 3.8) is 0 Å². The molecule has 111 heavy (non-hydrogen) atoms. The lowest BCUT2D eigenvalue weighted by atomic mass is 9.91. The van der Waals surface area contributed by atoms with Crippen molar-refractivity contribution in [1.82, 2.24) is 38.6 Å². The number of oxime groups is 1.